The van der Waals surface area contributed by atoms with Crippen LogP contribution < -0.4 is 5.32 Å². The number of rotatable bonds is 4. The molecule has 1 atom stereocenters. The molecule has 1 N–H and O–H groups in total. The lowest BCUT2D eigenvalue weighted by Crippen LogP contribution is -2.43. The Bertz CT molecular complexity index is 768. The fraction of sp³-hybridized carbons (Fsp3) is 0.450. The Morgan fingerprint density at radius 1 is 1.11 bits per heavy atom. The van der Waals surface area contributed by atoms with Crippen molar-refractivity contribution in [1.82, 2.24) is 14.9 Å². The number of ether oxygens (including phenoxy) is 1. The predicted octanol–water partition coefficient (Wildman–Crippen LogP) is 3.24. The molecular weight excluding hydrogens is 347 g/mol. The molecule has 2 aromatic rings. The topological polar surface area (TPSA) is 67.3 Å². The van der Waals surface area contributed by atoms with Gasteiger partial charge in [0.15, 0.2) is 0 Å². The Labute approximate surface area is 157 Å². The third kappa shape index (κ3) is 4.24. The molecule has 2 aliphatic rings. The van der Waals surface area contributed by atoms with Gasteiger partial charge in [-0.1, -0.05) is 0 Å². The van der Waals surface area contributed by atoms with Crippen molar-refractivity contribution in [2.75, 3.05) is 25.0 Å². The van der Waals surface area contributed by atoms with E-state index in [2.05, 4.69) is 15.3 Å². The average Bonchev–Trinajstić information content (AvgIpc) is 3.25. The van der Waals surface area contributed by atoms with E-state index in [0.29, 0.717) is 18.3 Å². The lowest BCUT2D eigenvalue weighted by molar-refractivity contribution is -0.142. The van der Waals surface area contributed by atoms with Crippen LogP contribution in [0.4, 0.5) is 15.9 Å². The summed E-state index contributed by atoms with van der Waals surface area (Å²) < 4.78 is 18.4. The molecule has 2 fully saturated rings. The van der Waals surface area contributed by atoms with Crippen molar-refractivity contribution in [3.63, 3.8) is 0 Å². The molecule has 7 heteroatoms. The number of aromatic nitrogens is 2. The zero-order valence-corrected chi connectivity index (χ0v) is 15.1. The predicted molar refractivity (Wildman–Crippen MR) is 99.2 cm³/mol. The van der Waals surface area contributed by atoms with E-state index in [1.165, 1.54) is 12.3 Å². The highest BCUT2D eigenvalue weighted by molar-refractivity contribution is 5.81. The first-order chi connectivity index (χ1) is 13.2. The van der Waals surface area contributed by atoms with Crippen LogP contribution in [0.2, 0.25) is 0 Å². The van der Waals surface area contributed by atoms with Crippen LogP contribution in [0, 0.1) is 5.82 Å². The van der Waals surface area contributed by atoms with E-state index in [1.807, 2.05) is 17.0 Å². The maximum atomic E-state index is 12.9. The van der Waals surface area contributed by atoms with Gasteiger partial charge in [0.1, 0.15) is 17.7 Å². The first-order valence-electron chi connectivity index (χ1n) is 9.44. The maximum Gasteiger partial charge on any atom is 0.251 e. The van der Waals surface area contributed by atoms with Crippen LogP contribution in [0.3, 0.4) is 0 Å². The minimum atomic E-state index is -0.363. The fourth-order valence-corrected chi connectivity index (χ4v) is 3.69. The summed E-state index contributed by atoms with van der Waals surface area (Å²) >= 11 is 0. The number of piperidine rings is 1. The number of halogens is 1. The van der Waals surface area contributed by atoms with Crippen molar-refractivity contribution < 1.29 is 13.9 Å². The number of hydrogen-bond acceptors (Lipinski definition) is 5. The van der Waals surface area contributed by atoms with E-state index in [9.17, 15) is 9.18 Å². The minimum Gasteiger partial charge on any atom is -0.368 e. The van der Waals surface area contributed by atoms with E-state index in [4.69, 9.17) is 4.74 Å². The molecule has 0 spiro atoms. The van der Waals surface area contributed by atoms with Gasteiger partial charge in [-0.15, -0.1) is 0 Å². The van der Waals surface area contributed by atoms with Gasteiger partial charge in [-0.2, -0.15) is 0 Å². The van der Waals surface area contributed by atoms with Gasteiger partial charge in [-0.05, 0) is 49.9 Å². The summed E-state index contributed by atoms with van der Waals surface area (Å²) in [6.45, 7) is 2.21. The van der Waals surface area contributed by atoms with Gasteiger partial charge in [-0.25, -0.2) is 9.37 Å². The van der Waals surface area contributed by atoms with Crippen molar-refractivity contribution in [1.29, 1.82) is 0 Å². The zero-order valence-electron chi connectivity index (χ0n) is 15.1. The quantitative estimate of drug-likeness (QED) is 0.895. The summed E-state index contributed by atoms with van der Waals surface area (Å²) in [6.07, 6.45) is 6.36. The first-order valence-corrected chi connectivity index (χ1v) is 9.44. The molecule has 142 valence electrons. The molecule has 4 heterocycles. The van der Waals surface area contributed by atoms with Crippen LogP contribution in [0.15, 0.2) is 36.7 Å². The summed E-state index contributed by atoms with van der Waals surface area (Å²) in [5.41, 5.74) is 1.85. The third-order valence-corrected chi connectivity index (χ3v) is 5.22. The number of hydrogen-bond donors (Lipinski definition) is 1. The number of likely N-dealkylation sites (tertiary alicyclic amines) is 1. The van der Waals surface area contributed by atoms with E-state index in [1.54, 1.807) is 12.3 Å². The molecular formula is C20H23FN4O2. The molecule has 0 bridgehead atoms. The van der Waals surface area contributed by atoms with Crippen molar-refractivity contribution in [2.24, 2.45) is 0 Å². The highest BCUT2D eigenvalue weighted by Gasteiger charge is 2.31. The number of carbonyl (C=O) groups excluding carboxylic acids is 1. The fourth-order valence-electron chi connectivity index (χ4n) is 3.69. The van der Waals surface area contributed by atoms with Gasteiger partial charge < -0.3 is 15.0 Å². The number of nitrogens with zero attached hydrogens (tertiary/aromatic N) is 3. The molecule has 6 nitrogen and oxygen atoms in total. The van der Waals surface area contributed by atoms with Crippen molar-refractivity contribution >= 4 is 17.4 Å². The summed E-state index contributed by atoms with van der Waals surface area (Å²) in [4.78, 5) is 22.9. The van der Waals surface area contributed by atoms with E-state index >= 15 is 0 Å². The van der Waals surface area contributed by atoms with Crippen LogP contribution in [-0.2, 0) is 9.53 Å². The van der Waals surface area contributed by atoms with Crippen LogP contribution in [0.5, 0.6) is 0 Å². The summed E-state index contributed by atoms with van der Waals surface area (Å²) in [5, 5.41) is 3.11. The van der Waals surface area contributed by atoms with Gasteiger partial charge in [-0.3, -0.25) is 9.78 Å². The van der Waals surface area contributed by atoms with Crippen LogP contribution in [0.1, 0.15) is 37.3 Å². The standard InChI is InChI=1S/C20H23FN4O2/c21-15-3-6-19(23-12-15)24-16-4-5-17(22-13-16)14-7-9-25(10-8-14)20(26)18-2-1-11-27-18/h3-6,12-14,18H,1-2,7-11H2,(H,23,24)/t18-/m1/s1. The molecule has 2 aliphatic heterocycles. The smallest absolute Gasteiger partial charge is 0.251 e. The molecule has 0 aromatic carbocycles. The maximum absolute atomic E-state index is 12.9. The number of carbonyl (C=O) groups is 1. The second kappa shape index (κ2) is 8.00. The Kier molecular flexibility index (Phi) is 5.29. The molecule has 0 radical (unpaired) electrons. The van der Waals surface area contributed by atoms with E-state index < -0.39 is 0 Å². The Hall–Kier alpha value is -2.54. The van der Waals surface area contributed by atoms with Gasteiger partial charge >= 0.3 is 0 Å². The highest BCUT2D eigenvalue weighted by Crippen LogP contribution is 2.28. The molecule has 2 aromatic heterocycles. The van der Waals surface area contributed by atoms with Crippen LogP contribution in [-0.4, -0.2) is 46.6 Å². The summed E-state index contributed by atoms with van der Waals surface area (Å²) in [5.74, 6) is 0.715. The molecule has 0 unspecified atom stereocenters. The molecule has 2 saturated heterocycles. The number of amides is 1. The molecule has 4 rings (SSSR count). The summed E-state index contributed by atoms with van der Waals surface area (Å²) in [6, 6.07) is 6.91. The number of pyridine rings is 2. The molecule has 0 saturated carbocycles. The lowest BCUT2D eigenvalue weighted by Gasteiger charge is -2.33. The first kappa shape index (κ1) is 17.9. The van der Waals surface area contributed by atoms with Gasteiger partial charge in [0.05, 0.1) is 18.1 Å². The largest absolute Gasteiger partial charge is 0.368 e. The minimum absolute atomic E-state index is 0.144. The second-order valence-corrected chi connectivity index (χ2v) is 7.06. The van der Waals surface area contributed by atoms with Crippen molar-refractivity contribution in [3.8, 4) is 0 Å². The zero-order chi connectivity index (χ0) is 18.6. The van der Waals surface area contributed by atoms with Crippen molar-refractivity contribution in [2.45, 2.75) is 37.7 Å². The Morgan fingerprint density at radius 2 is 1.96 bits per heavy atom. The monoisotopic (exact) mass is 370 g/mol. The van der Waals surface area contributed by atoms with E-state index in [0.717, 1.165) is 50.2 Å². The van der Waals surface area contributed by atoms with Gasteiger partial charge in [0.2, 0.25) is 0 Å². The highest BCUT2D eigenvalue weighted by atomic mass is 19.1. The summed E-state index contributed by atoms with van der Waals surface area (Å²) in [7, 11) is 0. The molecule has 0 aliphatic carbocycles. The number of nitrogens with one attached hydrogen (secondary N) is 1. The van der Waals surface area contributed by atoms with Gasteiger partial charge in [0.25, 0.3) is 5.91 Å². The van der Waals surface area contributed by atoms with Crippen LogP contribution >= 0.6 is 0 Å². The lowest BCUT2D eigenvalue weighted by atomic mass is 9.92. The third-order valence-electron chi connectivity index (χ3n) is 5.22. The average molecular weight is 370 g/mol. The van der Waals surface area contributed by atoms with Gasteiger partial charge in [0, 0.05) is 31.3 Å². The second-order valence-electron chi connectivity index (χ2n) is 7.06. The van der Waals surface area contributed by atoms with Crippen LogP contribution in [0.25, 0.3) is 0 Å². The molecule has 27 heavy (non-hydrogen) atoms. The number of anilines is 2. The van der Waals surface area contributed by atoms with Crippen molar-refractivity contribution in [3.05, 3.63) is 48.2 Å². The van der Waals surface area contributed by atoms with E-state index in [-0.39, 0.29) is 17.8 Å². The Balaban J connectivity index is 1.32. The normalized spacial score (nSPS) is 20.6. The Morgan fingerprint density at radius 3 is 2.59 bits per heavy atom. The SMILES string of the molecule is O=C([C@H]1CCCO1)N1CCC(c2ccc(Nc3ccc(F)cn3)cn2)CC1. The molecule has 1 amide bonds.